The van der Waals surface area contributed by atoms with Gasteiger partial charge in [-0.05, 0) is 60.4 Å². The second-order valence-corrected chi connectivity index (χ2v) is 6.47. The van der Waals surface area contributed by atoms with Gasteiger partial charge in [-0.3, -0.25) is 0 Å². The van der Waals surface area contributed by atoms with E-state index in [0.29, 0.717) is 5.41 Å². The summed E-state index contributed by atoms with van der Waals surface area (Å²) in [6.07, 6.45) is 14.3. The topological polar surface area (TPSA) is 0 Å². The lowest BCUT2D eigenvalue weighted by atomic mass is 9.65. The smallest absolute Gasteiger partial charge is 0.0214 e. The molecule has 1 spiro atoms. The van der Waals surface area contributed by atoms with Crippen LogP contribution in [0.4, 0.5) is 0 Å². The van der Waals surface area contributed by atoms with Gasteiger partial charge in [0.2, 0.25) is 0 Å². The summed E-state index contributed by atoms with van der Waals surface area (Å²) in [6, 6.07) is 6.94. The molecule has 0 aromatic heterocycles. The van der Waals surface area contributed by atoms with Crippen molar-refractivity contribution in [2.24, 2.45) is 0 Å². The van der Waals surface area contributed by atoms with Crippen LogP contribution in [0, 0.1) is 6.92 Å². The highest BCUT2D eigenvalue weighted by molar-refractivity contribution is 5.84. The number of rotatable bonds is 0. The summed E-state index contributed by atoms with van der Waals surface area (Å²) >= 11 is 0. The van der Waals surface area contributed by atoms with Crippen molar-refractivity contribution in [3.63, 3.8) is 0 Å². The molecule has 0 heterocycles. The number of fused-ring (bicyclic) bond motifs is 4. The number of hydrogen-bond acceptors (Lipinski definition) is 0. The average molecular weight is 250 g/mol. The molecule has 0 atom stereocenters. The van der Waals surface area contributed by atoms with Crippen molar-refractivity contribution in [3.05, 3.63) is 52.6 Å². The molecule has 0 nitrogen and oxygen atoms in total. The van der Waals surface area contributed by atoms with Crippen LogP contribution in [0.2, 0.25) is 0 Å². The lowest BCUT2D eigenvalue weighted by molar-refractivity contribution is 0.348. The Morgan fingerprint density at radius 1 is 1.05 bits per heavy atom. The highest BCUT2D eigenvalue weighted by Crippen LogP contribution is 2.57. The van der Waals surface area contributed by atoms with Gasteiger partial charge in [0.05, 0.1) is 0 Å². The molecule has 1 fully saturated rings. The van der Waals surface area contributed by atoms with Crippen LogP contribution in [0.3, 0.4) is 0 Å². The van der Waals surface area contributed by atoms with E-state index in [0.717, 1.165) is 0 Å². The SMILES string of the molecule is Cc1cccc2c1C1(CCCCC1)C1=C2CCC=C1. The van der Waals surface area contributed by atoms with Gasteiger partial charge in [0.25, 0.3) is 0 Å². The molecular formula is C19H22. The van der Waals surface area contributed by atoms with Crippen LogP contribution in [-0.2, 0) is 5.41 Å². The zero-order valence-electron chi connectivity index (χ0n) is 11.8. The Morgan fingerprint density at radius 2 is 1.89 bits per heavy atom. The van der Waals surface area contributed by atoms with Crippen molar-refractivity contribution in [3.8, 4) is 0 Å². The van der Waals surface area contributed by atoms with Crippen molar-refractivity contribution < 1.29 is 0 Å². The fourth-order valence-electron chi connectivity index (χ4n) is 4.76. The first-order valence-electron chi connectivity index (χ1n) is 7.83. The summed E-state index contributed by atoms with van der Waals surface area (Å²) < 4.78 is 0. The fourth-order valence-corrected chi connectivity index (χ4v) is 4.76. The van der Waals surface area contributed by atoms with E-state index in [1.54, 1.807) is 22.3 Å². The van der Waals surface area contributed by atoms with E-state index < -0.39 is 0 Å². The Morgan fingerprint density at radius 3 is 2.74 bits per heavy atom. The zero-order chi connectivity index (χ0) is 12.9. The van der Waals surface area contributed by atoms with Crippen LogP contribution in [0.15, 0.2) is 35.9 Å². The lowest BCUT2D eigenvalue weighted by Gasteiger charge is -2.38. The molecule has 98 valence electrons. The minimum Gasteiger partial charge on any atom is -0.0839 e. The Balaban J connectivity index is 1.99. The first-order chi connectivity index (χ1) is 9.33. The Hall–Kier alpha value is -1.30. The van der Waals surface area contributed by atoms with Gasteiger partial charge in [-0.25, -0.2) is 0 Å². The Kier molecular flexibility index (Phi) is 2.48. The molecule has 0 bridgehead atoms. The van der Waals surface area contributed by atoms with Crippen molar-refractivity contribution in [2.45, 2.75) is 57.3 Å². The van der Waals surface area contributed by atoms with Crippen LogP contribution in [-0.4, -0.2) is 0 Å². The highest BCUT2D eigenvalue weighted by Gasteiger charge is 2.45. The summed E-state index contributed by atoms with van der Waals surface area (Å²) in [6.45, 7) is 2.32. The van der Waals surface area contributed by atoms with Gasteiger partial charge in [0, 0.05) is 5.41 Å². The third-order valence-corrected chi connectivity index (χ3v) is 5.47. The third-order valence-electron chi connectivity index (χ3n) is 5.47. The molecular weight excluding hydrogens is 228 g/mol. The van der Waals surface area contributed by atoms with E-state index in [2.05, 4.69) is 37.3 Å². The van der Waals surface area contributed by atoms with E-state index in [-0.39, 0.29) is 0 Å². The molecule has 3 aliphatic rings. The molecule has 0 saturated heterocycles. The van der Waals surface area contributed by atoms with Crippen LogP contribution in [0.5, 0.6) is 0 Å². The van der Waals surface area contributed by atoms with E-state index in [1.165, 1.54) is 50.5 Å². The number of aryl methyl sites for hydroxylation is 1. The largest absolute Gasteiger partial charge is 0.0839 e. The molecule has 19 heavy (non-hydrogen) atoms. The Bertz CT molecular complexity index is 580. The summed E-state index contributed by atoms with van der Waals surface area (Å²) in [5.74, 6) is 0. The van der Waals surface area contributed by atoms with Gasteiger partial charge in [-0.1, -0.05) is 49.6 Å². The van der Waals surface area contributed by atoms with Gasteiger partial charge in [0.15, 0.2) is 0 Å². The van der Waals surface area contributed by atoms with Crippen LogP contribution in [0.25, 0.3) is 5.57 Å². The summed E-state index contributed by atoms with van der Waals surface area (Å²) in [5.41, 5.74) is 8.52. The molecule has 4 rings (SSSR count). The molecule has 3 aliphatic carbocycles. The molecule has 1 aromatic carbocycles. The summed E-state index contributed by atoms with van der Waals surface area (Å²) in [7, 11) is 0. The van der Waals surface area contributed by atoms with E-state index in [1.807, 2.05) is 0 Å². The molecule has 0 unspecified atom stereocenters. The van der Waals surface area contributed by atoms with Crippen molar-refractivity contribution in [1.82, 2.24) is 0 Å². The van der Waals surface area contributed by atoms with Gasteiger partial charge in [-0.2, -0.15) is 0 Å². The molecule has 0 heteroatoms. The van der Waals surface area contributed by atoms with E-state index >= 15 is 0 Å². The van der Waals surface area contributed by atoms with Gasteiger partial charge in [0.1, 0.15) is 0 Å². The van der Waals surface area contributed by atoms with Gasteiger partial charge in [-0.15, -0.1) is 0 Å². The quantitative estimate of drug-likeness (QED) is 0.585. The summed E-state index contributed by atoms with van der Waals surface area (Å²) in [4.78, 5) is 0. The van der Waals surface area contributed by atoms with E-state index in [4.69, 9.17) is 0 Å². The molecule has 0 amide bonds. The maximum absolute atomic E-state index is 2.46. The first-order valence-corrected chi connectivity index (χ1v) is 7.83. The predicted molar refractivity (Wildman–Crippen MR) is 81.2 cm³/mol. The molecule has 0 N–H and O–H groups in total. The number of benzene rings is 1. The highest BCUT2D eigenvalue weighted by atomic mass is 14.5. The maximum atomic E-state index is 2.46. The van der Waals surface area contributed by atoms with Crippen LogP contribution in [0.1, 0.15) is 61.6 Å². The fraction of sp³-hybridized carbons (Fsp3) is 0.474. The molecule has 0 radical (unpaired) electrons. The molecule has 0 aliphatic heterocycles. The molecule has 1 aromatic rings. The number of hydrogen-bond donors (Lipinski definition) is 0. The lowest BCUT2D eigenvalue weighted by Crippen LogP contribution is -2.29. The van der Waals surface area contributed by atoms with Crippen LogP contribution >= 0.6 is 0 Å². The van der Waals surface area contributed by atoms with Crippen molar-refractivity contribution >= 4 is 5.57 Å². The monoisotopic (exact) mass is 250 g/mol. The second-order valence-electron chi connectivity index (χ2n) is 6.47. The average Bonchev–Trinajstić information content (AvgIpc) is 2.73. The zero-order valence-corrected chi connectivity index (χ0v) is 11.8. The minimum absolute atomic E-state index is 0.380. The van der Waals surface area contributed by atoms with E-state index in [9.17, 15) is 0 Å². The van der Waals surface area contributed by atoms with Crippen molar-refractivity contribution in [1.29, 1.82) is 0 Å². The predicted octanol–water partition coefficient (Wildman–Crippen LogP) is 5.31. The third kappa shape index (κ3) is 1.46. The van der Waals surface area contributed by atoms with Gasteiger partial charge >= 0.3 is 0 Å². The van der Waals surface area contributed by atoms with Crippen molar-refractivity contribution in [2.75, 3.05) is 0 Å². The number of allylic oxidation sites excluding steroid dienone is 4. The first kappa shape index (κ1) is 11.5. The van der Waals surface area contributed by atoms with Crippen LogP contribution < -0.4 is 0 Å². The summed E-state index contributed by atoms with van der Waals surface area (Å²) in [5, 5.41) is 0. The standard InChI is InChI=1S/C19H22/c1-14-8-7-10-16-15-9-3-4-11-17(15)19(18(14)16)12-5-2-6-13-19/h4,7-8,10-11H,2-3,5-6,9,12-13H2,1H3. The van der Waals surface area contributed by atoms with Gasteiger partial charge < -0.3 is 0 Å². The Labute approximate surface area is 116 Å². The maximum Gasteiger partial charge on any atom is 0.0214 e. The second kappa shape index (κ2) is 4.10. The minimum atomic E-state index is 0.380. The normalized spacial score (nSPS) is 23.6. The molecule has 1 saturated carbocycles.